The van der Waals surface area contributed by atoms with E-state index in [1.54, 1.807) is 41.6 Å². The second-order valence-corrected chi connectivity index (χ2v) is 9.23. The van der Waals surface area contributed by atoms with Gasteiger partial charge in [0.1, 0.15) is 5.52 Å². The molecular weight excluding hydrogens is 366 g/mol. The average Bonchev–Trinajstić information content (AvgIpc) is 3.20. The molecule has 0 N–H and O–H groups in total. The van der Waals surface area contributed by atoms with Gasteiger partial charge in [0, 0.05) is 29.8 Å². The molecular formula is C14H13N5O2S3. The second kappa shape index (κ2) is 5.57. The Morgan fingerprint density at radius 3 is 2.75 bits per heavy atom. The number of nitrogens with zero attached hydrogens (tertiary/aromatic N) is 5. The standard InChI is InChI=1S/C14H13N5O2S3/c1-7-15-4-8(22-7)6-19-13(20)10-9(5-16-19)11-12(18(10)2)17-14(23-11)24(3)21/h4-5H,6H2,1-3H3. The molecule has 0 saturated carbocycles. The molecule has 0 fully saturated rings. The van der Waals surface area contributed by atoms with E-state index >= 15 is 0 Å². The zero-order valence-corrected chi connectivity index (χ0v) is 15.6. The highest BCUT2D eigenvalue weighted by Gasteiger charge is 2.19. The Balaban J connectivity index is 1.91. The molecule has 10 heteroatoms. The molecule has 4 aromatic heterocycles. The van der Waals surface area contributed by atoms with Crippen LogP contribution in [0.2, 0.25) is 0 Å². The molecule has 24 heavy (non-hydrogen) atoms. The van der Waals surface area contributed by atoms with E-state index in [-0.39, 0.29) is 5.56 Å². The van der Waals surface area contributed by atoms with Crippen molar-refractivity contribution in [2.75, 3.05) is 6.26 Å². The molecule has 0 amide bonds. The molecule has 4 heterocycles. The molecule has 4 aromatic rings. The van der Waals surface area contributed by atoms with Gasteiger partial charge in [-0.2, -0.15) is 5.10 Å². The fourth-order valence-electron chi connectivity index (χ4n) is 2.63. The Hall–Kier alpha value is -1.91. The zero-order valence-electron chi connectivity index (χ0n) is 13.1. The molecule has 124 valence electrons. The third-order valence-corrected chi connectivity index (χ3v) is 7.03. The summed E-state index contributed by atoms with van der Waals surface area (Å²) in [6.45, 7) is 2.33. The fourth-order valence-corrected chi connectivity index (χ4v) is 5.18. The molecule has 0 spiro atoms. The molecule has 0 aromatic carbocycles. The van der Waals surface area contributed by atoms with Gasteiger partial charge in [-0.3, -0.25) is 9.00 Å². The Labute approximate surface area is 147 Å². The van der Waals surface area contributed by atoms with Crippen molar-refractivity contribution < 1.29 is 4.21 Å². The van der Waals surface area contributed by atoms with Crippen LogP contribution in [0, 0.1) is 6.92 Å². The van der Waals surface area contributed by atoms with Crippen molar-refractivity contribution in [1.82, 2.24) is 24.3 Å². The first-order valence-corrected chi connectivity index (χ1v) is 10.2. The first-order valence-electron chi connectivity index (χ1n) is 7.05. The summed E-state index contributed by atoms with van der Waals surface area (Å²) < 4.78 is 16.3. The van der Waals surface area contributed by atoms with Crippen molar-refractivity contribution in [3.05, 3.63) is 32.6 Å². The normalized spacial score (nSPS) is 13.1. The van der Waals surface area contributed by atoms with Crippen molar-refractivity contribution in [2.24, 2.45) is 7.05 Å². The van der Waals surface area contributed by atoms with Crippen LogP contribution in [0.4, 0.5) is 0 Å². The molecule has 0 aliphatic heterocycles. The quantitative estimate of drug-likeness (QED) is 0.543. The Bertz CT molecular complexity index is 1170. The van der Waals surface area contributed by atoms with Gasteiger partial charge < -0.3 is 4.57 Å². The topological polar surface area (TPSA) is 82.7 Å². The van der Waals surface area contributed by atoms with Gasteiger partial charge in [-0.15, -0.1) is 22.7 Å². The third-order valence-electron chi connectivity index (χ3n) is 3.73. The number of hydrogen-bond acceptors (Lipinski definition) is 7. The monoisotopic (exact) mass is 379 g/mol. The molecule has 0 bridgehead atoms. The lowest BCUT2D eigenvalue weighted by Crippen LogP contribution is -2.24. The van der Waals surface area contributed by atoms with Crippen molar-refractivity contribution in [1.29, 1.82) is 0 Å². The minimum atomic E-state index is -1.14. The maximum Gasteiger partial charge on any atom is 0.291 e. The molecule has 1 unspecified atom stereocenters. The molecule has 0 saturated heterocycles. The summed E-state index contributed by atoms with van der Waals surface area (Å²) in [4.78, 5) is 22.4. The first-order chi connectivity index (χ1) is 11.5. The lowest BCUT2D eigenvalue weighted by atomic mass is 10.3. The Kier molecular flexibility index (Phi) is 3.62. The highest BCUT2D eigenvalue weighted by atomic mass is 32.2. The van der Waals surface area contributed by atoms with Gasteiger partial charge in [-0.1, -0.05) is 0 Å². The van der Waals surface area contributed by atoms with E-state index in [9.17, 15) is 9.00 Å². The fraction of sp³-hybridized carbons (Fsp3) is 0.286. The summed E-state index contributed by atoms with van der Waals surface area (Å²) in [5.74, 6) is 0. The van der Waals surface area contributed by atoms with Crippen LogP contribution in [0.25, 0.3) is 21.3 Å². The van der Waals surface area contributed by atoms with Crippen LogP contribution in [0.15, 0.2) is 21.5 Å². The highest BCUT2D eigenvalue weighted by molar-refractivity contribution is 7.86. The summed E-state index contributed by atoms with van der Waals surface area (Å²) in [5.41, 5.74) is 1.07. The van der Waals surface area contributed by atoms with Crippen LogP contribution in [-0.2, 0) is 24.4 Å². The maximum atomic E-state index is 12.8. The van der Waals surface area contributed by atoms with E-state index < -0.39 is 10.8 Å². The second-order valence-electron chi connectivity index (χ2n) is 5.36. The lowest BCUT2D eigenvalue weighted by Gasteiger charge is -2.03. The van der Waals surface area contributed by atoms with E-state index in [2.05, 4.69) is 15.1 Å². The number of hydrogen-bond donors (Lipinski definition) is 0. The van der Waals surface area contributed by atoms with Crippen molar-refractivity contribution >= 4 is 54.7 Å². The third kappa shape index (κ3) is 2.33. The number of rotatable bonds is 3. The number of aryl methyl sites for hydroxylation is 2. The molecule has 4 rings (SSSR count). The van der Waals surface area contributed by atoms with Gasteiger partial charge in [0.25, 0.3) is 5.56 Å². The maximum absolute atomic E-state index is 12.8. The van der Waals surface area contributed by atoms with Crippen LogP contribution in [-0.4, -0.2) is 34.8 Å². The molecule has 1 atom stereocenters. The molecule has 0 aliphatic carbocycles. The number of aromatic nitrogens is 5. The van der Waals surface area contributed by atoms with Crippen molar-refractivity contribution in [3.8, 4) is 0 Å². The predicted octanol–water partition coefficient (Wildman–Crippen LogP) is 1.90. The van der Waals surface area contributed by atoms with Gasteiger partial charge in [0.2, 0.25) is 0 Å². The van der Waals surface area contributed by atoms with Crippen LogP contribution in [0.3, 0.4) is 0 Å². The summed E-state index contributed by atoms with van der Waals surface area (Å²) in [7, 11) is 0.661. The van der Waals surface area contributed by atoms with E-state index in [1.807, 2.05) is 6.92 Å². The van der Waals surface area contributed by atoms with Crippen molar-refractivity contribution in [2.45, 2.75) is 17.8 Å². The van der Waals surface area contributed by atoms with Crippen LogP contribution in [0.5, 0.6) is 0 Å². The summed E-state index contributed by atoms with van der Waals surface area (Å²) >= 11 is 2.90. The minimum Gasteiger partial charge on any atom is -0.323 e. The van der Waals surface area contributed by atoms with E-state index in [0.717, 1.165) is 20.0 Å². The largest absolute Gasteiger partial charge is 0.323 e. The molecule has 7 nitrogen and oxygen atoms in total. The lowest BCUT2D eigenvalue weighted by molar-refractivity contribution is 0.650. The predicted molar refractivity (Wildman–Crippen MR) is 96.4 cm³/mol. The Morgan fingerprint density at radius 2 is 2.08 bits per heavy atom. The van der Waals surface area contributed by atoms with Crippen LogP contribution >= 0.6 is 22.7 Å². The minimum absolute atomic E-state index is 0.162. The average molecular weight is 379 g/mol. The van der Waals surface area contributed by atoms with Gasteiger partial charge in [-0.25, -0.2) is 14.6 Å². The SMILES string of the molecule is Cc1ncc(Cn2ncc3c4sc(S(C)=O)nc4n(C)c3c2=O)s1. The summed E-state index contributed by atoms with van der Waals surface area (Å²) in [6.07, 6.45) is 5.06. The summed E-state index contributed by atoms with van der Waals surface area (Å²) in [6, 6.07) is 0. The first kappa shape index (κ1) is 15.6. The van der Waals surface area contributed by atoms with Gasteiger partial charge >= 0.3 is 0 Å². The van der Waals surface area contributed by atoms with Gasteiger partial charge in [0.05, 0.1) is 33.2 Å². The number of thiazole rings is 2. The number of fused-ring (bicyclic) bond motifs is 3. The smallest absolute Gasteiger partial charge is 0.291 e. The van der Waals surface area contributed by atoms with E-state index in [1.165, 1.54) is 16.0 Å². The van der Waals surface area contributed by atoms with Gasteiger partial charge in [0.15, 0.2) is 9.99 Å². The molecule has 0 radical (unpaired) electrons. The zero-order chi connectivity index (χ0) is 17.0. The molecule has 0 aliphatic rings. The van der Waals surface area contributed by atoms with E-state index in [4.69, 9.17) is 0 Å². The van der Waals surface area contributed by atoms with Crippen LogP contribution < -0.4 is 5.56 Å². The van der Waals surface area contributed by atoms with Crippen molar-refractivity contribution in [3.63, 3.8) is 0 Å². The van der Waals surface area contributed by atoms with Crippen LogP contribution in [0.1, 0.15) is 9.88 Å². The van der Waals surface area contributed by atoms with Gasteiger partial charge in [-0.05, 0) is 6.92 Å². The van der Waals surface area contributed by atoms with E-state index in [0.29, 0.717) is 22.0 Å². The summed E-state index contributed by atoms with van der Waals surface area (Å²) in [5, 5.41) is 6.02. The highest BCUT2D eigenvalue weighted by Crippen LogP contribution is 2.31. The Morgan fingerprint density at radius 1 is 1.29 bits per heavy atom.